The predicted octanol–water partition coefficient (Wildman–Crippen LogP) is 2.07. The maximum absolute atomic E-state index is 12.2. The van der Waals surface area contributed by atoms with Crippen LogP contribution in [-0.4, -0.2) is 24.0 Å². The highest BCUT2D eigenvalue weighted by Gasteiger charge is 2.18. The number of benzene rings is 1. The van der Waals surface area contributed by atoms with E-state index in [4.69, 9.17) is 15.9 Å². The summed E-state index contributed by atoms with van der Waals surface area (Å²) >= 11 is 1.24. The van der Waals surface area contributed by atoms with E-state index in [1.165, 1.54) is 17.4 Å². The summed E-state index contributed by atoms with van der Waals surface area (Å²) in [5.41, 5.74) is 0.0527. The van der Waals surface area contributed by atoms with E-state index >= 15 is 0 Å². The van der Waals surface area contributed by atoms with Crippen LogP contribution in [0.1, 0.15) is 33.3 Å². The molecule has 2 aromatic rings. The van der Waals surface area contributed by atoms with Gasteiger partial charge < -0.3 is 14.5 Å². The molecule has 0 saturated heterocycles. The van der Waals surface area contributed by atoms with Crippen LogP contribution in [0, 0.1) is 17.8 Å². The van der Waals surface area contributed by atoms with Crippen molar-refractivity contribution in [2.75, 3.05) is 13.2 Å². The first-order valence-electron chi connectivity index (χ1n) is 8.54. The van der Waals surface area contributed by atoms with Gasteiger partial charge in [0.25, 0.3) is 5.56 Å². The maximum Gasteiger partial charge on any atom is 0.266 e. The van der Waals surface area contributed by atoms with Crippen molar-refractivity contribution in [1.29, 1.82) is 0 Å². The van der Waals surface area contributed by atoms with Crippen LogP contribution < -0.4 is 24.2 Å². The van der Waals surface area contributed by atoms with Crippen molar-refractivity contribution in [3.8, 4) is 23.8 Å². The van der Waals surface area contributed by atoms with E-state index in [-0.39, 0.29) is 17.9 Å². The number of hydrogen-bond acceptors (Lipinski definition) is 5. The highest BCUT2D eigenvalue weighted by Crippen LogP contribution is 2.28. The second kappa shape index (κ2) is 8.74. The van der Waals surface area contributed by atoms with Gasteiger partial charge in [-0.2, -0.15) is 0 Å². The summed E-state index contributed by atoms with van der Waals surface area (Å²) in [6, 6.07) is 5.36. The Balaban J connectivity index is 2.43. The molecule has 0 bridgehead atoms. The molecule has 0 atom stereocenters. The van der Waals surface area contributed by atoms with Crippen LogP contribution in [0.2, 0.25) is 0 Å². The van der Waals surface area contributed by atoms with E-state index in [0.29, 0.717) is 27.3 Å². The van der Waals surface area contributed by atoms with Crippen LogP contribution in [0.25, 0.3) is 12.2 Å². The minimum absolute atomic E-state index is 0.0415. The Labute approximate surface area is 162 Å². The number of hydrogen-bond donors (Lipinski definition) is 1. The van der Waals surface area contributed by atoms with Crippen molar-refractivity contribution >= 4 is 29.3 Å². The van der Waals surface area contributed by atoms with Crippen LogP contribution in [0.5, 0.6) is 11.5 Å². The Morgan fingerprint density at radius 1 is 1.30 bits per heavy atom. The van der Waals surface area contributed by atoms with Gasteiger partial charge in [0, 0.05) is 11.5 Å². The first-order valence-corrected chi connectivity index (χ1v) is 9.36. The lowest BCUT2D eigenvalue weighted by Gasteiger charge is -2.12. The van der Waals surface area contributed by atoms with Gasteiger partial charge >= 0.3 is 0 Å². The molecule has 0 fully saturated rings. The zero-order valence-corrected chi connectivity index (χ0v) is 16.7. The van der Waals surface area contributed by atoms with Gasteiger partial charge in [0.2, 0.25) is 0 Å². The molecule has 142 valence electrons. The van der Waals surface area contributed by atoms with Crippen LogP contribution in [0.3, 0.4) is 0 Å². The van der Waals surface area contributed by atoms with Crippen LogP contribution >= 0.6 is 11.3 Å². The molecule has 2 rings (SSSR count). The number of H-pyrrole nitrogens is 1. The highest BCUT2D eigenvalue weighted by atomic mass is 32.1. The third-order valence-electron chi connectivity index (χ3n) is 3.56. The SMILES string of the molecule is C#CCOc1ccc(C=c2sc(=CC(=O)C(C)(C)C)[nH]c2=O)cc1OCC. The van der Waals surface area contributed by atoms with Crippen molar-refractivity contribution in [2.45, 2.75) is 27.7 Å². The summed E-state index contributed by atoms with van der Waals surface area (Å²) < 4.78 is 12.1. The van der Waals surface area contributed by atoms with Gasteiger partial charge in [0.1, 0.15) is 6.61 Å². The van der Waals surface area contributed by atoms with Crippen molar-refractivity contribution in [2.24, 2.45) is 5.41 Å². The third kappa shape index (κ3) is 5.60. The number of carbonyl (C=O) groups excluding carboxylic acids is 1. The van der Waals surface area contributed by atoms with Crippen LogP contribution in [0.4, 0.5) is 0 Å². The molecule has 5 nitrogen and oxygen atoms in total. The number of thiazole rings is 1. The fourth-order valence-corrected chi connectivity index (χ4v) is 3.02. The standard InChI is InChI=1S/C21H23NO4S/c1-6-10-26-15-9-8-14(11-16(15)25-7-2)12-17-20(24)22-19(27-17)13-18(23)21(3,4)5/h1,8-9,11-13H,7,10H2,2-5H3,(H,22,24). The van der Waals surface area contributed by atoms with Crippen LogP contribution in [0.15, 0.2) is 23.0 Å². The van der Waals surface area contributed by atoms with Crippen LogP contribution in [-0.2, 0) is 4.79 Å². The molecule has 1 N–H and O–H groups in total. The second-order valence-electron chi connectivity index (χ2n) is 6.82. The minimum Gasteiger partial charge on any atom is -0.490 e. The molecule has 0 radical (unpaired) electrons. The number of carbonyl (C=O) groups is 1. The second-order valence-corrected chi connectivity index (χ2v) is 7.90. The number of rotatable bonds is 6. The van der Waals surface area contributed by atoms with Gasteiger partial charge in [-0.05, 0) is 30.7 Å². The lowest BCUT2D eigenvalue weighted by Crippen LogP contribution is -2.22. The van der Waals surface area contributed by atoms with Crippen molar-refractivity contribution in [3.05, 3.63) is 43.3 Å². The Kier molecular flexibility index (Phi) is 6.65. The molecular weight excluding hydrogens is 362 g/mol. The Bertz CT molecular complexity index is 1030. The molecular formula is C21H23NO4S. The van der Waals surface area contributed by atoms with Gasteiger partial charge in [-0.3, -0.25) is 9.59 Å². The topological polar surface area (TPSA) is 68.4 Å². The monoisotopic (exact) mass is 385 g/mol. The molecule has 0 aliphatic rings. The first kappa shape index (κ1) is 20.5. The van der Waals surface area contributed by atoms with Crippen molar-refractivity contribution in [3.63, 3.8) is 0 Å². The molecule has 0 unspecified atom stereocenters. The lowest BCUT2D eigenvalue weighted by molar-refractivity contribution is -0.119. The van der Waals surface area contributed by atoms with E-state index in [0.717, 1.165) is 5.56 Å². The lowest BCUT2D eigenvalue weighted by atomic mass is 9.91. The number of nitrogens with one attached hydrogen (secondary N) is 1. The number of ether oxygens (including phenoxy) is 2. The summed E-state index contributed by atoms with van der Waals surface area (Å²) in [6.07, 6.45) is 8.45. The average Bonchev–Trinajstić information content (AvgIpc) is 2.93. The smallest absolute Gasteiger partial charge is 0.266 e. The zero-order chi connectivity index (χ0) is 20.0. The zero-order valence-electron chi connectivity index (χ0n) is 15.9. The minimum atomic E-state index is -0.495. The maximum atomic E-state index is 12.2. The van der Waals surface area contributed by atoms with Gasteiger partial charge in [-0.15, -0.1) is 17.8 Å². The Morgan fingerprint density at radius 2 is 2.04 bits per heavy atom. The molecule has 27 heavy (non-hydrogen) atoms. The number of aromatic amines is 1. The van der Waals surface area contributed by atoms with Gasteiger partial charge in [0.05, 0.1) is 15.8 Å². The molecule has 1 aromatic heterocycles. The molecule has 1 aromatic carbocycles. The summed E-state index contributed by atoms with van der Waals surface area (Å²) in [7, 11) is 0. The number of ketones is 1. The van der Waals surface area contributed by atoms with Crippen molar-refractivity contribution < 1.29 is 14.3 Å². The fraction of sp³-hybridized carbons (Fsp3) is 0.333. The Morgan fingerprint density at radius 3 is 2.67 bits per heavy atom. The van der Waals surface area contributed by atoms with E-state index in [1.54, 1.807) is 18.2 Å². The molecule has 0 amide bonds. The molecule has 6 heteroatoms. The number of terminal acetylenes is 1. The summed E-state index contributed by atoms with van der Waals surface area (Å²) in [5, 5.41) is 0. The van der Waals surface area contributed by atoms with E-state index in [1.807, 2.05) is 33.8 Å². The molecule has 0 aliphatic carbocycles. The predicted molar refractivity (Wildman–Crippen MR) is 109 cm³/mol. The number of Topliss-reactive ketones (excluding diaryl/α,β-unsaturated/α-hetero) is 1. The largest absolute Gasteiger partial charge is 0.490 e. The normalized spacial score (nSPS) is 12.7. The van der Waals surface area contributed by atoms with Gasteiger partial charge in [-0.25, -0.2) is 0 Å². The highest BCUT2D eigenvalue weighted by molar-refractivity contribution is 7.07. The van der Waals surface area contributed by atoms with E-state index in [9.17, 15) is 9.59 Å². The van der Waals surface area contributed by atoms with Crippen molar-refractivity contribution in [1.82, 2.24) is 4.98 Å². The van der Waals surface area contributed by atoms with E-state index in [2.05, 4.69) is 10.9 Å². The third-order valence-corrected chi connectivity index (χ3v) is 4.52. The molecule has 1 heterocycles. The van der Waals surface area contributed by atoms with Gasteiger partial charge in [-0.1, -0.05) is 32.8 Å². The quantitative estimate of drug-likeness (QED) is 0.773. The number of aromatic nitrogens is 1. The summed E-state index contributed by atoms with van der Waals surface area (Å²) in [4.78, 5) is 27.1. The van der Waals surface area contributed by atoms with Gasteiger partial charge in [0.15, 0.2) is 17.3 Å². The molecule has 0 spiro atoms. The summed E-state index contributed by atoms with van der Waals surface area (Å²) in [5.74, 6) is 3.49. The molecule has 0 saturated carbocycles. The summed E-state index contributed by atoms with van der Waals surface area (Å²) in [6.45, 7) is 8.01. The first-order chi connectivity index (χ1) is 12.7. The molecule has 0 aliphatic heterocycles. The van der Waals surface area contributed by atoms with E-state index < -0.39 is 5.41 Å². The Hall–Kier alpha value is -2.78. The average molecular weight is 385 g/mol. The fourth-order valence-electron chi connectivity index (χ4n) is 2.13.